The third kappa shape index (κ3) is 2.95. The lowest BCUT2D eigenvalue weighted by molar-refractivity contribution is 0.0703. The summed E-state index contributed by atoms with van der Waals surface area (Å²) in [6.07, 6.45) is 1.96. The summed E-state index contributed by atoms with van der Waals surface area (Å²) in [4.78, 5) is 15.0. The van der Waals surface area contributed by atoms with Gasteiger partial charge < -0.3 is 10.6 Å². The molecule has 1 amide bonds. The zero-order chi connectivity index (χ0) is 14.0. The van der Waals surface area contributed by atoms with E-state index in [2.05, 4.69) is 0 Å². The number of rotatable bonds is 2. The van der Waals surface area contributed by atoms with E-state index in [1.54, 1.807) is 0 Å². The van der Waals surface area contributed by atoms with Crippen molar-refractivity contribution >= 4 is 23.1 Å². The van der Waals surface area contributed by atoms with E-state index in [-0.39, 0.29) is 11.8 Å². The number of likely N-dealkylation sites (tertiary alicyclic amines) is 1. The third-order valence-corrected chi connectivity index (χ3v) is 4.28. The smallest absolute Gasteiger partial charge is 0.254 e. The molecule has 1 heterocycles. The molecule has 0 saturated carbocycles. The Hall–Kier alpha value is -1.42. The topological polar surface area (TPSA) is 46.3 Å². The molecule has 102 valence electrons. The van der Waals surface area contributed by atoms with Crippen LogP contribution in [-0.4, -0.2) is 28.9 Å². The Morgan fingerprint density at radius 1 is 1.42 bits per heavy atom. The van der Waals surface area contributed by atoms with Gasteiger partial charge in [-0.2, -0.15) is 0 Å². The highest BCUT2D eigenvalue weighted by Gasteiger charge is 2.26. The molecule has 1 aromatic rings. The van der Waals surface area contributed by atoms with Gasteiger partial charge in [-0.15, -0.1) is 0 Å². The van der Waals surface area contributed by atoms with E-state index >= 15 is 0 Å². The maximum atomic E-state index is 12.6. The highest BCUT2D eigenvalue weighted by molar-refractivity contribution is 7.80. The highest BCUT2D eigenvalue weighted by atomic mass is 32.1. The fraction of sp³-hybridized carbons (Fsp3) is 0.467. The van der Waals surface area contributed by atoms with Crippen LogP contribution in [0.25, 0.3) is 0 Å². The van der Waals surface area contributed by atoms with Crippen LogP contribution in [0.1, 0.15) is 34.3 Å². The van der Waals surface area contributed by atoms with Gasteiger partial charge in [-0.1, -0.05) is 24.4 Å². The van der Waals surface area contributed by atoms with E-state index in [1.807, 2.05) is 36.9 Å². The Morgan fingerprint density at radius 3 is 2.84 bits per heavy atom. The second-order valence-electron chi connectivity index (χ2n) is 5.24. The van der Waals surface area contributed by atoms with Crippen molar-refractivity contribution in [1.82, 2.24) is 4.90 Å². The number of nitrogens with zero attached hydrogens (tertiary/aromatic N) is 1. The Morgan fingerprint density at radius 2 is 2.16 bits per heavy atom. The molecule has 3 nitrogen and oxygen atoms in total. The lowest BCUT2D eigenvalue weighted by atomic mass is 9.96. The minimum atomic E-state index is 0.0992. The Kier molecular flexibility index (Phi) is 4.20. The van der Waals surface area contributed by atoms with Crippen LogP contribution in [0.2, 0.25) is 0 Å². The number of nitrogens with two attached hydrogens (primary N) is 1. The first-order valence-corrected chi connectivity index (χ1v) is 7.06. The van der Waals surface area contributed by atoms with Crippen LogP contribution in [0.5, 0.6) is 0 Å². The lowest BCUT2D eigenvalue weighted by Crippen LogP contribution is -2.43. The molecule has 1 aliphatic heterocycles. The van der Waals surface area contributed by atoms with Crippen molar-refractivity contribution in [3.8, 4) is 0 Å². The van der Waals surface area contributed by atoms with Crippen LogP contribution < -0.4 is 5.73 Å². The third-order valence-electron chi connectivity index (χ3n) is 3.95. The van der Waals surface area contributed by atoms with E-state index in [1.165, 1.54) is 0 Å². The fourth-order valence-corrected chi connectivity index (χ4v) is 2.74. The maximum absolute atomic E-state index is 12.6. The molecule has 1 fully saturated rings. The van der Waals surface area contributed by atoms with Crippen LogP contribution in [0.3, 0.4) is 0 Å². The Labute approximate surface area is 119 Å². The summed E-state index contributed by atoms with van der Waals surface area (Å²) in [6, 6.07) is 5.86. The predicted octanol–water partition coefficient (Wildman–Crippen LogP) is 2.44. The van der Waals surface area contributed by atoms with Gasteiger partial charge in [0.25, 0.3) is 5.91 Å². The molecule has 4 heteroatoms. The van der Waals surface area contributed by atoms with Crippen LogP contribution in [0, 0.1) is 19.8 Å². The fourth-order valence-electron chi connectivity index (χ4n) is 2.55. The highest BCUT2D eigenvalue weighted by Crippen LogP contribution is 2.21. The summed E-state index contributed by atoms with van der Waals surface area (Å²) in [5.74, 6) is 0.264. The van der Waals surface area contributed by atoms with Crippen LogP contribution in [0.4, 0.5) is 0 Å². The summed E-state index contributed by atoms with van der Waals surface area (Å²) >= 11 is 5.06. The standard InChI is InChI=1S/C15H20N2OS/c1-10-5-3-7-13(11(10)2)15(18)17-8-4-6-12(9-17)14(16)19/h3,5,7,12H,4,6,8-9H2,1-2H3,(H2,16,19). The first-order chi connectivity index (χ1) is 9.00. The summed E-state index contributed by atoms with van der Waals surface area (Å²) in [6.45, 7) is 5.48. The lowest BCUT2D eigenvalue weighted by Gasteiger charge is -2.32. The molecule has 1 unspecified atom stereocenters. The summed E-state index contributed by atoms with van der Waals surface area (Å²) < 4.78 is 0. The van der Waals surface area contributed by atoms with Crippen LogP contribution in [0.15, 0.2) is 18.2 Å². The van der Waals surface area contributed by atoms with E-state index < -0.39 is 0 Å². The molecule has 0 aliphatic carbocycles. The molecule has 1 aliphatic rings. The molecule has 0 radical (unpaired) electrons. The second kappa shape index (κ2) is 5.70. The molecule has 0 aromatic heterocycles. The van der Waals surface area contributed by atoms with Gasteiger partial charge in [0.1, 0.15) is 0 Å². The SMILES string of the molecule is Cc1cccc(C(=O)N2CCCC(C(N)=S)C2)c1C. The van der Waals surface area contributed by atoms with Crippen molar-refractivity contribution in [3.63, 3.8) is 0 Å². The quantitative estimate of drug-likeness (QED) is 0.844. The number of amides is 1. The van der Waals surface area contributed by atoms with Crippen molar-refractivity contribution in [2.45, 2.75) is 26.7 Å². The molecule has 0 bridgehead atoms. The van der Waals surface area contributed by atoms with Gasteiger partial charge in [0.15, 0.2) is 0 Å². The minimum absolute atomic E-state index is 0.0992. The van der Waals surface area contributed by atoms with Gasteiger partial charge in [0.05, 0.1) is 4.99 Å². The van der Waals surface area contributed by atoms with Gasteiger partial charge >= 0.3 is 0 Å². The molecule has 1 atom stereocenters. The molecule has 0 spiro atoms. The van der Waals surface area contributed by atoms with Gasteiger partial charge in [-0.3, -0.25) is 4.79 Å². The number of carbonyl (C=O) groups is 1. The van der Waals surface area contributed by atoms with Crippen molar-refractivity contribution in [2.75, 3.05) is 13.1 Å². The summed E-state index contributed by atoms with van der Waals surface area (Å²) in [7, 11) is 0. The molecule has 2 rings (SSSR count). The van der Waals surface area contributed by atoms with Crippen molar-refractivity contribution in [2.24, 2.45) is 11.7 Å². The van der Waals surface area contributed by atoms with Gasteiger partial charge in [-0.25, -0.2) is 0 Å². The van der Waals surface area contributed by atoms with E-state index in [4.69, 9.17) is 18.0 Å². The first kappa shape index (κ1) is 14.0. The number of hydrogen-bond donors (Lipinski definition) is 1. The number of hydrogen-bond acceptors (Lipinski definition) is 2. The number of benzene rings is 1. The number of thiocarbonyl (C=S) groups is 1. The van der Waals surface area contributed by atoms with Gasteiger partial charge in [0.2, 0.25) is 0 Å². The normalized spacial score (nSPS) is 19.3. The van der Waals surface area contributed by atoms with Crippen molar-refractivity contribution in [3.05, 3.63) is 34.9 Å². The Balaban J connectivity index is 2.19. The van der Waals surface area contributed by atoms with Gasteiger partial charge in [0, 0.05) is 24.6 Å². The largest absolute Gasteiger partial charge is 0.393 e. The summed E-state index contributed by atoms with van der Waals surface area (Å²) in [5, 5.41) is 0. The summed E-state index contributed by atoms with van der Waals surface area (Å²) in [5.41, 5.74) is 8.72. The molecular weight excluding hydrogens is 256 g/mol. The average molecular weight is 276 g/mol. The monoisotopic (exact) mass is 276 g/mol. The first-order valence-electron chi connectivity index (χ1n) is 6.65. The number of aryl methyl sites for hydroxylation is 1. The van der Waals surface area contributed by atoms with Crippen molar-refractivity contribution < 1.29 is 4.79 Å². The van der Waals surface area contributed by atoms with E-state index in [0.717, 1.165) is 36.1 Å². The van der Waals surface area contributed by atoms with E-state index in [0.29, 0.717) is 11.5 Å². The maximum Gasteiger partial charge on any atom is 0.254 e. The zero-order valence-corrected chi connectivity index (χ0v) is 12.3. The molecular formula is C15H20N2OS. The van der Waals surface area contributed by atoms with Gasteiger partial charge in [-0.05, 0) is 43.9 Å². The molecule has 2 N–H and O–H groups in total. The minimum Gasteiger partial charge on any atom is -0.393 e. The molecule has 1 aromatic carbocycles. The average Bonchev–Trinajstić information content (AvgIpc) is 2.41. The second-order valence-corrected chi connectivity index (χ2v) is 5.71. The number of carbonyl (C=O) groups excluding carboxylic acids is 1. The van der Waals surface area contributed by atoms with Crippen LogP contribution in [-0.2, 0) is 0 Å². The van der Waals surface area contributed by atoms with Crippen molar-refractivity contribution in [1.29, 1.82) is 0 Å². The van der Waals surface area contributed by atoms with E-state index in [9.17, 15) is 4.79 Å². The molecule has 1 saturated heterocycles. The number of piperidine rings is 1. The van der Waals surface area contributed by atoms with Crippen LogP contribution >= 0.6 is 12.2 Å². The molecule has 19 heavy (non-hydrogen) atoms. The Bertz CT molecular complexity index is 513. The zero-order valence-electron chi connectivity index (χ0n) is 11.5. The predicted molar refractivity (Wildman–Crippen MR) is 81.3 cm³/mol.